The van der Waals surface area contributed by atoms with E-state index in [1.165, 1.54) is 30.7 Å². The van der Waals surface area contributed by atoms with Crippen LogP contribution in [0.5, 0.6) is 0 Å². The van der Waals surface area contributed by atoms with Gasteiger partial charge in [0.1, 0.15) is 17.0 Å². The van der Waals surface area contributed by atoms with Crippen molar-refractivity contribution in [1.29, 1.82) is 0 Å². The molecule has 2 aromatic heterocycles. The maximum atomic E-state index is 12.9. The molecule has 9 nitrogen and oxygen atoms in total. The molecule has 0 spiro atoms. The van der Waals surface area contributed by atoms with Crippen molar-refractivity contribution in [2.24, 2.45) is 0 Å². The summed E-state index contributed by atoms with van der Waals surface area (Å²) in [4.78, 5) is 24.0. The number of aromatic nitrogens is 3. The topological polar surface area (TPSA) is 137 Å². The lowest BCUT2D eigenvalue weighted by Crippen LogP contribution is -2.18. The van der Waals surface area contributed by atoms with Gasteiger partial charge >= 0.3 is 5.97 Å². The first kappa shape index (κ1) is 21.5. The summed E-state index contributed by atoms with van der Waals surface area (Å²) in [7, 11) is -4.17. The van der Waals surface area contributed by atoms with Gasteiger partial charge in [-0.3, -0.25) is 4.72 Å². The summed E-state index contributed by atoms with van der Waals surface area (Å²) in [5.74, 6) is -0.898. The van der Waals surface area contributed by atoms with E-state index >= 15 is 0 Å². The predicted molar refractivity (Wildman–Crippen MR) is 113 cm³/mol. The number of ether oxygens (including phenoxy) is 1. The minimum Gasteiger partial charge on any atom is -0.462 e. The third-order valence-electron chi connectivity index (χ3n) is 3.95. The van der Waals surface area contributed by atoms with Gasteiger partial charge in [-0.2, -0.15) is 0 Å². The first-order valence-corrected chi connectivity index (χ1v) is 10.7. The first-order chi connectivity index (χ1) is 14.3. The summed E-state index contributed by atoms with van der Waals surface area (Å²) in [5.41, 5.74) is 7.02. The molecule has 0 aliphatic rings. The molecule has 156 valence electrons. The fraction of sp³-hybridized carbons (Fsp3) is 0.158. The van der Waals surface area contributed by atoms with E-state index in [-0.39, 0.29) is 33.6 Å². The number of pyridine rings is 1. The summed E-state index contributed by atoms with van der Waals surface area (Å²) in [6.07, 6.45) is 6.38. The molecule has 0 bridgehead atoms. The molecule has 0 saturated carbocycles. The molecule has 3 aromatic rings. The second-order valence-electron chi connectivity index (χ2n) is 6.17. The molecule has 2 heterocycles. The Morgan fingerprint density at radius 2 is 1.90 bits per heavy atom. The predicted octanol–water partition coefficient (Wildman–Crippen LogP) is 3.14. The van der Waals surface area contributed by atoms with Gasteiger partial charge in [-0.1, -0.05) is 24.6 Å². The number of nitrogen functional groups attached to an aromatic ring is 1. The lowest BCUT2D eigenvalue weighted by Gasteiger charge is -2.14. The number of anilines is 2. The van der Waals surface area contributed by atoms with Crippen LogP contribution in [0, 0.1) is 0 Å². The summed E-state index contributed by atoms with van der Waals surface area (Å²) in [5, 5.41) is 0.103. The van der Waals surface area contributed by atoms with Crippen molar-refractivity contribution >= 4 is 39.1 Å². The largest absolute Gasteiger partial charge is 0.462 e. The molecule has 0 amide bonds. The Kier molecular flexibility index (Phi) is 6.48. The lowest BCUT2D eigenvalue weighted by atomic mass is 10.0. The maximum Gasteiger partial charge on any atom is 0.340 e. The number of halogens is 1. The van der Waals surface area contributed by atoms with Crippen LogP contribution in [0.25, 0.3) is 11.1 Å². The minimum atomic E-state index is -4.17. The van der Waals surface area contributed by atoms with E-state index in [2.05, 4.69) is 19.7 Å². The normalized spacial score (nSPS) is 11.1. The number of nitrogens with zero attached hydrogens (tertiary/aromatic N) is 3. The lowest BCUT2D eigenvalue weighted by molar-refractivity contribution is 0.0506. The fourth-order valence-electron chi connectivity index (χ4n) is 2.55. The molecular formula is C19H18ClN5O4S. The molecule has 0 aliphatic carbocycles. The highest BCUT2D eigenvalue weighted by Gasteiger charge is 2.23. The number of carbonyl (C=O) groups is 1. The quantitative estimate of drug-likeness (QED) is 0.527. The molecule has 3 rings (SSSR count). The second kappa shape index (κ2) is 9.06. The Labute approximate surface area is 178 Å². The number of carbonyl (C=O) groups excluding carboxylic acids is 1. The van der Waals surface area contributed by atoms with Crippen molar-refractivity contribution in [3.05, 3.63) is 59.8 Å². The van der Waals surface area contributed by atoms with Crippen molar-refractivity contribution in [3.63, 3.8) is 0 Å². The van der Waals surface area contributed by atoms with Crippen LogP contribution in [0.2, 0.25) is 5.02 Å². The number of sulfonamides is 1. The van der Waals surface area contributed by atoms with Crippen LogP contribution in [0.15, 0.2) is 54.1 Å². The summed E-state index contributed by atoms with van der Waals surface area (Å²) < 4.78 is 33.3. The number of benzene rings is 1. The van der Waals surface area contributed by atoms with Crippen LogP contribution in [-0.2, 0) is 14.8 Å². The van der Waals surface area contributed by atoms with Gasteiger partial charge in [0.15, 0.2) is 0 Å². The highest BCUT2D eigenvalue weighted by molar-refractivity contribution is 7.92. The number of hydrogen-bond acceptors (Lipinski definition) is 8. The van der Waals surface area contributed by atoms with Gasteiger partial charge in [-0.05, 0) is 30.2 Å². The Hall–Kier alpha value is -3.24. The second-order valence-corrected chi connectivity index (χ2v) is 8.25. The van der Waals surface area contributed by atoms with Crippen molar-refractivity contribution in [1.82, 2.24) is 15.0 Å². The van der Waals surface area contributed by atoms with Crippen LogP contribution in [0.1, 0.15) is 23.7 Å². The van der Waals surface area contributed by atoms with Gasteiger partial charge in [0.05, 0.1) is 22.9 Å². The molecule has 30 heavy (non-hydrogen) atoms. The standard InChI is InChI=1S/C19H18ClN5O4S/c1-2-5-29-19(26)15-6-12(13-8-22-11-23-9-13)3-4-16(15)25-30(27,28)17-7-14(20)10-24-18(17)21/h3-4,6-11,25H,2,5H2,1H3,(H2,21,24). The summed E-state index contributed by atoms with van der Waals surface area (Å²) >= 11 is 5.86. The third-order valence-corrected chi connectivity index (χ3v) is 5.55. The first-order valence-electron chi connectivity index (χ1n) is 8.82. The zero-order valence-corrected chi connectivity index (χ0v) is 17.4. The van der Waals surface area contributed by atoms with E-state index in [1.807, 2.05) is 6.92 Å². The van der Waals surface area contributed by atoms with Crippen LogP contribution in [0.4, 0.5) is 11.5 Å². The molecule has 3 N–H and O–H groups in total. The van der Waals surface area contributed by atoms with Crippen LogP contribution < -0.4 is 10.5 Å². The molecule has 0 saturated heterocycles. The number of nitrogens with two attached hydrogens (primary N) is 1. The minimum absolute atomic E-state index is 0.0241. The molecule has 1 aromatic carbocycles. The van der Waals surface area contributed by atoms with Crippen LogP contribution in [-0.4, -0.2) is 35.9 Å². The zero-order chi connectivity index (χ0) is 21.7. The molecule has 0 aliphatic heterocycles. The van der Waals surface area contributed by atoms with Gasteiger partial charge in [0, 0.05) is 24.2 Å². The molecule has 0 atom stereocenters. The Balaban J connectivity index is 2.04. The summed E-state index contributed by atoms with van der Waals surface area (Å²) in [6.45, 7) is 2.04. The Morgan fingerprint density at radius 3 is 2.60 bits per heavy atom. The molecule has 0 unspecified atom stereocenters. The Morgan fingerprint density at radius 1 is 1.17 bits per heavy atom. The fourth-order valence-corrected chi connectivity index (χ4v) is 3.96. The average molecular weight is 448 g/mol. The highest BCUT2D eigenvalue weighted by Crippen LogP contribution is 2.29. The molecule has 0 radical (unpaired) electrons. The third kappa shape index (κ3) is 4.84. The summed E-state index contributed by atoms with van der Waals surface area (Å²) in [6, 6.07) is 5.77. The number of esters is 1. The van der Waals surface area contributed by atoms with Gasteiger partial charge in [0.2, 0.25) is 0 Å². The van der Waals surface area contributed by atoms with Gasteiger partial charge in [-0.25, -0.2) is 28.2 Å². The van der Waals surface area contributed by atoms with Crippen molar-refractivity contribution < 1.29 is 17.9 Å². The van der Waals surface area contributed by atoms with Crippen molar-refractivity contribution in [2.75, 3.05) is 17.1 Å². The van der Waals surface area contributed by atoms with Crippen LogP contribution in [0.3, 0.4) is 0 Å². The molecular weight excluding hydrogens is 430 g/mol. The van der Waals surface area contributed by atoms with Gasteiger partial charge in [-0.15, -0.1) is 0 Å². The number of nitrogens with one attached hydrogen (secondary N) is 1. The molecule has 11 heteroatoms. The smallest absolute Gasteiger partial charge is 0.340 e. The molecule has 0 fully saturated rings. The Bertz CT molecular complexity index is 1170. The van der Waals surface area contributed by atoms with E-state index in [0.29, 0.717) is 17.5 Å². The van der Waals surface area contributed by atoms with E-state index < -0.39 is 16.0 Å². The van der Waals surface area contributed by atoms with Gasteiger partial charge in [0.25, 0.3) is 10.0 Å². The van der Waals surface area contributed by atoms with E-state index in [1.54, 1.807) is 18.5 Å². The van der Waals surface area contributed by atoms with Crippen LogP contribution >= 0.6 is 11.6 Å². The van der Waals surface area contributed by atoms with E-state index in [0.717, 1.165) is 0 Å². The SMILES string of the molecule is CCCOC(=O)c1cc(-c2cncnc2)ccc1NS(=O)(=O)c1cc(Cl)cnc1N. The van der Waals surface area contributed by atoms with Gasteiger partial charge < -0.3 is 10.5 Å². The maximum absolute atomic E-state index is 12.9. The average Bonchev–Trinajstić information content (AvgIpc) is 2.74. The van der Waals surface area contributed by atoms with Crippen molar-refractivity contribution in [3.8, 4) is 11.1 Å². The highest BCUT2D eigenvalue weighted by atomic mass is 35.5. The zero-order valence-electron chi connectivity index (χ0n) is 15.9. The number of hydrogen-bond donors (Lipinski definition) is 2. The van der Waals surface area contributed by atoms with E-state index in [4.69, 9.17) is 22.1 Å². The van der Waals surface area contributed by atoms with E-state index in [9.17, 15) is 13.2 Å². The van der Waals surface area contributed by atoms with Crippen molar-refractivity contribution in [2.45, 2.75) is 18.2 Å². The number of rotatable bonds is 7. The monoisotopic (exact) mass is 447 g/mol.